The van der Waals surface area contributed by atoms with Crippen molar-refractivity contribution in [3.05, 3.63) is 29.8 Å². The molecule has 102 valence electrons. The van der Waals surface area contributed by atoms with Crippen LogP contribution in [0.2, 0.25) is 0 Å². The van der Waals surface area contributed by atoms with E-state index in [0.29, 0.717) is 19.1 Å². The smallest absolute Gasteiger partial charge is 0.397 e. The van der Waals surface area contributed by atoms with Crippen molar-refractivity contribution in [2.24, 2.45) is 0 Å². The maximum atomic E-state index is 5.68. The van der Waals surface area contributed by atoms with E-state index in [1.54, 1.807) is 0 Å². The Kier molecular flexibility index (Phi) is 7.26. The third kappa shape index (κ3) is 4.93. The van der Waals surface area contributed by atoms with Crippen LogP contribution in [-0.4, -0.2) is 13.2 Å². The summed E-state index contributed by atoms with van der Waals surface area (Å²) in [6.07, 6.45) is 1.14. The van der Waals surface area contributed by atoms with Gasteiger partial charge in [0.1, 0.15) is 5.75 Å². The lowest BCUT2D eigenvalue weighted by Crippen LogP contribution is -1.97. The van der Waals surface area contributed by atoms with Gasteiger partial charge in [-0.25, -0.2) is 0 Å². The highest BCUT2D eigenvalue weighted by Crippen LogP contribution is 2.40. The second-order valence-corrected chi connectivity index (χ2v) is 5.17. The number of hydrogen-bond donors (Lipinski definition) is 0. The molecule has 4 heteroatoms. The Morgan fingerprint density at radius 1 is 1.00 bits per heavy atom. The Balaban J connectivity index is 2.60. The molecule has 1 aromatic rings. The van der Waals surface area contributed by atoms with Gasteiger partial charge in [0.2, 0.25) is 0 Å². The van der Waals surface area contributed by atoms with Crippen LogP contribution in [0, 0.1) is 0 Å². The molecule has 0 fully saturated rings. The van der Waals surface area contributed by atoms with Crippen LogP contribution in [0.1, 0.15) is 45.6 Å². The highest BCUT2D eigenvalue weighted by Gasteiger charge is 2.13. The van der Waals surface area contributed by atoms with E-state index in [-0.39, 0.29) is 0 Å². The van der Waals surface area contributed by atoms with Gasteiger partial charge in [-0.1, -0.05) is 26.0 Å². The maximum absolute atomic E-state index is 5.68. The summed E-state index contributed by atoms with van der Waals surface area (Å²) in [7, 11) is -1.27. The van der Waals surface area contributed by atoms with Crippen LogP contribution >= 0.6 is 8.60 Å². The predicted octanol–water partition coefficient (Wildman–Crippen LogP) is 4.88. The van der Waals surface area contributed by atoms with E-state index in [9.17, 15) is 0 Å². The van der Waals surface area contributed by atoms with Crippen molar-refractivity contribution in [2.45, 2.75) is 40.0 Å². The molecule has 0 aliphatic carbocycles. The molecule has 0 radical (unpaired) electrons. The van der Waals surface area contributed by atoms with Crippen LogP contribution in [0.5, 0.6) is 5.75 Å². The van der Waals surface area contributed by atoms with Crippen molar-refractivity contribution in [2.75, 3.05) is 13.2 Å². The first-order valence-electron chi connectivity index (χ1n) is 6.55. The first-order chi connectivity index (χ1) is 8.71. The Labute approximate surface area is 111 Å². The highest BCUT2D eigenvalue weighted by atomic mass is 31.2. The summed E-state index contributed by atoms with van der Waals surface area (Å²) in [4.78, 5) is 0. The molecule has 0 aliphatic heterocycles. The lowest BCUT2D eigenvalue weighted by Gasteiger charge is -2.16. The summed E-state index contributed by atoms with van der Waals surface area (Å²) in [5.74, 6) is 1.38. The third-order valence-electron chi connectivity index (χ3n) is 2.71. The SMILES string of the molecule is CCOP(OCC)Oc1ccc(C(C)CC)cc1. The molecule has 3 nitrogen and oxygen atoms in total. The second kappa shape index (κ2) is 8.47. The van der Waals surface area contributed by atoms with Crippen molar-refractivity contribution < 1.29 is 13.6 Å². The highest BCUT2D eigenvalue weighted by molar-refractivity contribution is 7.42. The molecule has 0 amide bonds. The lowest BCUT2D eigenvalue weighted by atomic mass is 9.99. The zero-order valence-corrected chi connectivity index (χ0v) is 12.6. The van der Waals surface area contributed by atoms with Gasteiger partial charge in [0.15, 0.2) is 0 Å². The van der Waals surface area contributed by atoms with E-state index in [2.05, 4.69) is 26.0 Å². The molecule has 0 saturated heterocycles. The molecule has 0 bridgehead atoms. The van der Waals surface area contributed by atoms with Crippen molar-refractivity contribution in [1.29, 1.82) is 0 Å². The van der Waals surface area contributed by atoms with E-state index in [4.69, 9.17) is 13.6 Å². The minimum absolute atomic E-state index is 0.583. The summed E-state index contributed by atoms with van der Waals surface area (Å²) in [5.41, 5.74) is 1.34. The molecule has 0 heterocycles. The Bertz CT molecular complexity index is 320. The largest absolute Gasteiger partial charge is 0.427 e. The fourth-order valence-electron chi connectivity index (χ4n) is 1.48. The first kappa shape index (κ1) is 15.4. The average molecular weight is 270 g/mol. The van der Waals surface area contributed by atoms with Crippen LogP contribution in [0.25, 0.3) is 0 Å². The van der Waals surface area contributed by atoms with E-state index in [0.717, 1.165) is 12.2 Å². The Morgan fingerprint density at radius 3 is 2.00 bits per heavy atom. The molecule has 0 N–H and O–H groups in total. The van der Waals surface area contributed by atoms with E-state index >= 15 is 0 Å². The van der Waals surface area contributed by atoms with E-state index in [1.807, 2.05) is 26.0 Å². The van der Waals surface area contributed by atoms with Gasteiger partial charge in [-0.2, -0.15) is 0 Å². The Hall–Kier alpha value is -0.630. The zero-order chi connectivity index (χ0) is 13.4. The van der Waals surface area contributed by atoms with Gasteiger partial charge in [0.25, 0.3) is 0 Å². The van der Waals surface area contributed by atoms with Crippen LogP contribution < -0.4 is 4.52 Å². The molecule has 0 spiro atoms. The van der Waals surface area contributed by atoms with Crippen molar-refractivity contribution in [3.63, 3.8) is 0 Å². The molecule has 1 atom stereocenters. The molecular weight excluding hydrogens is 247 g/mol. The van der Waals surface area contributed by atoms with Crippen molar-refractivity contribution >= 4 is 8.60 Å². The molecule has 18 heavy (non-hydrogen) atoms. The first-order valence-corrected chi connectivity index (χ1v) is 7.64. The molecule has 1 rings (SSSR count). The maximum Gasteiger partial charge on any atom is 0.397 e. The summed E-state index contributed by atoms with van der Waals surface area (Å²) in [6, 6.07) is 8.17. The Morgan fingerprint density at radius 2 is 1.56 bits per heavy atom. The van der Waals surface area contributed by atoms with E-state index < -0.39 is 8.60 Å². The summed E-state index contributed by atoms with van der Waals surface area (Å²) >= 11 is 0. The average Bonchev–Trinajstić information content (AvgIpc) is 2.39. The van der Waals surface area contributed by atoms with Gasteiger partial charge >= 0.3 is 8.60 Å². The standard InChI is InChI=1S/C14H23O3P/c1-5-12(4)13-8-10-14(11-9-13)17-18(15-6-2)16-7-3/h8-12H,5-7H2,1-4H3. The molecular formula is C14H23O3P. The molecule has 0 aromatic heterocycles. The number of hydrogen-bond acceptors (Lipinski definition) is 3. The van der Waals surface area contributed by atoms with Crippen LogP contribution in [0.15, 0.2) is 24.3 Å². The molecule has 0 aliphatic rings. The van der Waals surface area contributed by atoms with Gasteiger partial charge in [-0.05, 0) is 43.9 Å². The monoisotopic (exact) mass is 270 g/mol. The van der Waals surface area contributed by atoms with Crippen LogP contribution in [-0.2, 0) is 9.05 Å². The number of benzene rings is 1. The molecule has 0 saturated carbocycles. The van der Waals surface area contributed by atoms with Gasteiger partial charge in [0, 0.05) is 0 Å². The lowest BCUT2D eigenvalue weighted by molar-refractivity contribution is 0.221. The second-order valence-electron chi connectivity index (χ2n) is 4.03. The summed E-state index contributed by atoms with van der Waals surface area (Å²) in [5, 5.41) is 0. The fraction of sp³-hybridized carbons (Fsp3) is 0.571. The van der Waals surface area contributed by atoms with Crippen molar-refractivity contribution in [1.82, 2.24) is 0 Å². The van der Waals surface area contributed by atoms with Gasteiger partial charge in [-0.3, -0.25) is 0 Å². The zero-order valence-electron chi connectivity index (χ0n) is 11.7. The fourth-order valence-corrected chi connectivity index (χ4v) is 2.38. The third-order valence-corrected chi connectivity index (χ3v) is 4.01. The van der Waals surface area contributed by atoms with Crippen LogP contribution in [0.3, 0.4) is 0 Å². The van der Waals surface area contributed by atoms with Gasteiger partial charge < -0.3 is 13.6 Å². The van der Waals surface area contributed by atoms with Crippen molar-refractivity contribution in [3.8, 4) is 5.75 Å². The summed E-state index contributed by atoms with van der Waals surface area (Å²) < 4.78 is 16.5. The quantitative estimate of drug-likeness (QED) is 0.630. The van der Waals surface area contributed by atoms with Crippen LogP contribution in [0.4, 0.5) is 0 Å². The number of rotatable bonds is 8. The van der Waals surface area contributed by atoms with E-state index in [1.165, 1.54) is 5.56 Å². The van der Waals surface area contributed by atoms with Gasteiger partial charge in [0.05, 0.1) is 13.2 Å². The van der Waals surface area contributed by atoms with Gasteiger partial charge in [-0.15, -0.1) is 0 Å². The predicted molar refractivity (Wildman–Crippen MR) is 75.9 cm³/mol. The minimum atomic E-state index is -1.27. The summed E-state index contributed by atoms with van der Waals surface area (Å²) in [6.45, 7) is 9.47. The normalized spacial score (nSPS) is 12.7. The molecule has 1 aromatic carbocycles. The minimum Gasteiger partial charge on any atom is -0.427 e. The molecule has 1 unspecified atom stereocenters. The topological polar surface area (TPSA) is 27.7 Å².